The van der Waals surface area contributed by atoms with Crippen LogP contribution in [0.2, 0.25) is 0 Å². The van der Waals surface area contributed by atoms with Crippen molar-refractivity contribution in [3.63, 3.8) is 0 Å². The molecule has 172 valence electrons. The van der Waals surface area contributed by atoms with Crippen LogP contribution in [-0.2, 0) is 32.7 Å². The van der Waals surface area contributed by atoms with Crippen molar-refractivity contribution in [2.24, 2.45) is 0 Å². The molecular formula is C23H29N3O5S. The Hall–Kier alpha value is -2.91. The van der Waals surface area contributed by atoms with Crippen LogP contribution in [0.25, 0.3) is 0 Å². The first-order valence-corrected chi connectivity index (χ1v) is 12.1. The van der Waals surface area contributed by atoms with Gasteiger partial charge in [-0.2, -0.15) is 4.31 Å². The highest BCUT2D eigenvalue weighted by Gasteiger charge is 2.49. The van der Waals surface area contributed by atoms with Gasteiger partial charge in [0.05, 0.1) is 19.9 Å². The number of nitrogens with zero attached hydrogens (tertiary/aromatic N) is 2. The van der Waals surface area contributed by atoms with Crippen LogP contribution in [0.5, 0.6) is 5.75 Å². The minimum Gasteiger partial charge on any atom is -0.497 e. The predicted molar refractivity (Wildman–Crippen MR) is 121 cm³/mol. The first-order valence-electron chi connectivity index (χ1n) is 10.3. The molecule has 0 saturated carbocycles. The summed E-state index contributed by atoms with van der Waals surface area (Å²) in [5, 5.41) is 2.88. The molecule has 0 aliphatic carbocycles. The third-order valence-corrected chi connectivity index (χ3v) is 6.90. The van der Waals surface area contributed by atoms with E-state index >= 15 is 0 Å². The van der Waals surface area contributed by atoms with Gasteiger partial charge in [0.25, 0.3) is 0 Å². The fourth-order valence-electron chi connectivity index (χ4n) is 3.72. The molecule has 0 aromatic heterocycles. The van der Waals surface area contributed by atoms with Crippen LogP contribution in [-0.4, -0.2) is 61.4 Å². The number of carbonyl (C=O) groups is 2. The maximum Gasteiger partial charge on any atom is 0.247 e. The summed E-state index contributed by atoms with van der Waals surface area (Å²) >= 11 is 0. The highest BCUT2D eigenvalue weighted by atomic mass is 32.2. The van der Waals surface area contributed by atoms with Gasteiger partial charge in [-0.15, -0.1) is 0 Å². The third kappa shape index (κ3) is 5.28. The number of sulfonamides is 1. The molecule has 9 heteroatoms. The maximum absolute atomic E-state index is 13.4. The van der Waals surface area contributed by atoms with Gasteiger partial charge in [0, 0.05) is 19.6 Å². The molecule has 1 fully saturated rings. The fourth-order valence-corrected chi connectivity index (χ4v) is 4.55. The zero-order valence-electron chi connectivity index (χ0n) is 18.8. The van der Waals surface area contributed by atoms with Crippen LogP contribution < -0.4 is 10.1 Å². The number of methoxy groups -OCH3 is 1. The molecule has 1 unspecified atom stereocenters. The molecule has 3 rings (SSSR count). The van der Waals surface area contributed by atoms with E-state index in [0.29, 0.717) is 5.75 Å². The third-order valence-electron chi connectivity index (χ3n) is 5.70. The molecule has 8 nitrogen and oxygen atoms in total. The highest BCUT2D eigenvalue weighted by molar-refractivity contribution is 7.88. The lowest BCUT2D eigenvalue weighted by molar-refractivity contribution is -0.153. The van der Waals surface area contributed by atoms with Crippen molar-refractivity contribution in [2.75, 3.05) is 26.5 Å². The van der Waals surface area contributed by atoms with E-state index in [1.54, 1.807) is 32.2 Å². The largest absolute Gasteiger partial charge is 0.497 e. The molecule has 1 saturated heterocycles. The van der Waals surface area contributed by atoms with Gasteiger partial charge in [0.15, 0.2) is 0 Å². The topological polar surface area (TPSA) is 96.0 Å². The van der Waals surface area contributed by atoms with Gasteiger partial charge in [-0.25, -0.2) is 8.42 Å². The number of amides is 2. The average molecular weight is 460 g/mol. The Morgan fingerprint density at radius 2 is 1.84 bits per heavy atom. The second kappa shape index (κ2) is 9.30. The van der Waals surface area contributed by atoms with Crippen molar-refractivity contribution in [2.45, 2.75) is 32.5 Å². The van der Waals surface area contributed by atoms with E-state index in [1.165, 1.54) is 4.90 Å². The van der Waals surface area contributed by atoms with E-state index < -0.39 is 27.4 Å². The van der Waals surface area contributed by atoms with Crippen LogP contribution in [0.3, 0.4) is 0 Å². The van der Waals surface area contributed by atoms with Gasteiger partial charge < -0.3 is 15.0 Å². The lowest BCUT2D eigenvalue weighted by Gasteiger charge is -2.46. The van der Waals surface area contributed by atoms with Gasteiger partial charge >= 0.3 is 0 Å². The maximum atomic E-state index is 13.4. The smallest absolute Gasteiger partial charge is 0.247 e. The number of hydrogen-bond donors (Lipinski definition) is 1. The van der Waals surface area contributed by atoms with E-state index in [4.69, 9.17) is 4.74 Å². The van der Waals surface area contributed by atoms with Crippen molar-refractivity contribution in [1.82, 2.24) is 14.5 Å². The molecule has 1 N–H and O–H groups in total. The molecule has 1 atom stereocenters. The summed E-state index contributed by atoms with van der Waals surface area (Å²) in [6, 6.07) is 15.0. The summed E-state index contributed by atoms with van der Waals surface area (Å²) in [5.74, 6) is -0.213. The van der Waals surface area contributed by atoms with Crippen LogP contribution in [0.15, 0.2) is 48.5 Å². The van der Waals surface area contributed by atoms with Crippen molar-refractivity contribution in [3.05, 3.63) is 65.2 Å². The predicted octanol–water partition coefficient (Wildman–Crippen LogP) is 1.68. The lowest BCUT2D eigenvalue weighted by atomic mass is 9.94. The summed E-state index contributed by atoms with van der Waals surface area (Å²) in [7, 11) is -2.10. The summed E-state index contributed by atoms with van der Waals surface area (Å²) in [5.41, 5.74) is 1.42. The molecule has 0 radical (unpaired) electrons. The Morgan fingerprint density at radius 1 is 1.16 bits per heavy atom. The zero-order chi connectivity index (χ0) is 23.5. The Labute approximate surface area is 189 Å². The van der Waals surface area contributed by atoms with Gasteiger partial charge in [0.1, 0.15) is 11.3 Å². The SMILES string of the molecule is COc1cccc(CN2C(=O)CN(S(C)(=O)=O)CC2(C)C(=O)NCc2ccc(C)cc2)c1. The highest BCUT2D eigenvalue weighted by Crippen LogP contribution is 2.27. The summed E-state index contributed by atoms with van der Waals surface area (Å²) in [4.78, 5) is 27.9. The second-order valence-electron chi connectivity index (χ2n) is 8.30. The molecule has 32 heavy (non-hydrogen) atoms. The molecule has 2 amide bonds. The Balaban J connectivity index is 1.88. The van der Waals surface area contributed by atoms with Gasteiger partial charge in [-0.1, -0.05) is 42.0 Å². The van der Waals surface area contributed by atoms with Gasteiger partial charge in [-0.3, -0.25) is 9.59 Å². The first kappa shape index (κ1) is 23.7. The van der Waals surface area contributed by atoms with E-state index in [1.807, 2.05) is 37.3 Å². The number of nitrogens with one attached hydrogen (secondary N) is 1. The monoisotopic (exact) mass is 459 g/mol. The molecule has 1 aliphatic rings. The number of rotatable bonds is 7. The number of piperazine rings is 1. The summed E-state index contributed by atoms with van der Waals surface area (Å²) in [6.45, 7) is 3.59. The van der Waals surface area contributed by atoms with Crippen LogP contribution in [0.1, 0.15) is 23.6 Å². The average Bonchev–Trinajstić information content (AvgIpc) is 2.75. The number of benzene rings is 2. The second-order valence-corrected chi connectivity index (χ2v) is 10.3. The quantitative estimate of drug-likeness (QED) is 0.680. The Kier molecular flexibility index (Phi) is 6.90. The van der Waals surface area contributed by atoms with Crippen molar-refractivity contribution >= 4 is 21.8 Å². The normalized spacial score (nSPS) is 19.6. The molecule has 1 heterocycles. The van der Waals surface area contributed by atoms with Gasteiger partial charge in [-0.05, 0) is 37.1 Å². The minimum atomic E-state index is -3.66. The van der Waals surface area contributed by atoms with E-state index in [2.05, 4.69) is 5.32 Å². The summed E-state index contributed by atoms with van der Waals surface area (Å²) in [6.07, 6.45) is 1.04. The lowest BCUT2D eigenvalue weighted by Crippen LogP contribution is -2.69. The minimum absolute atomic E-state index is 0.124. The molecule has 0 spiro atoms. The van der Waals surface area contributed by atoms with E-state index in [0.717, 1.165) is 27.3 Å². The molecule has 2 aromatic rings. The fraction of sp³-hybridized carbons (Fsp3) is 0.391. The van der Waals surface area contributed by atoms with E-state index in [9.17, 15) is 18.0 Å². The number of hydrogen-bond acceptors (Lipinski definition) is 5. The van der Waals surface area contributed by atoms with Crippen LogP contribution in [0, 0.1) is 6.92 Å². The zero-order valence-corrected chi connectivity index (χ0v) is 19.6. The van der Waals surface area contributed by atoms with E-state index in [-0.39, 0.29) is 26.2 Å². The molecule has 2 aromatic carbocycles. The van der Waals surface area contributed by atoms with Gasteiger partial charge in [0.2, 0.25) is 21.8 Å². The Morgan fingerprint density at radius 3 is 2.47 bits per heavy atom. The number of ether oxygens (including phenoxy) is 1. The standard InChI is InChI=1S/C23H29N3O5S/c1-17-8-10-18(11-9-17)13-24-22(28)23(2)16-25(32(4,29)30)15-21(27)26(23)14-19-6-5-7-20(12-19)31-3/h5-12H,13-16H2,1-4H3,(H,24,28). The van der Waals surface area contributed by atoms with Crippen molar-refractivity contribution in [3.8, 4) is 5.75 Å². The van der Waals surface area contributed by atoms with Crippen LogP contribution >= 0.6 is 0 Å². The van der Waals surface area contributed by atoms with Crippen LogP contribution in [0.4, 0.5) is 0 Å². The molecule has 1 aliphatic heterocycles. The Bertz CT molecular complexity index is 1100. The van der Waals surface area contributed by atoms with Crippen molar-refractivity contribution < 1.29 is 22.7 Å². The first-order chi connectivity index (χ1) is 15.0. The number of aryl methyl sites for hydroxylation is 1. The number of carbonyl (C=O) groups excluding carboxylic acids is 2. The summed E-state index contributed by atoms with van der Waals surface area (Å²) < 4.78 is 30.7. The molecule has 0 bridgehead atoms. The molecular weight excluding hydrogens is 430 g/mol. The van der Waals surface area contributed by atoms with Crippen molar-refractivity contribution in [1.29, 1.82) is 0 Å².